The fourth-order valence-corrected chi connectivity index (χ4v) is 2.97. The van der Waals surface area contributed by atoms with Gasteiger partial charge in [0.15, 0.2) is 0 Å². The number of hydrogen-bond donors (Lipinski definition) is 0. The van der Waals surface area contributed by atoms with Crippen molar-refractivity contribution in [3.8, 4) is 5.69 Å². The van der Waals surface area contributed by atoms with Crippen molar-refractivity contribution in [1.82, 2.24) is 30.0 Å². The van der Waals surface area contributed by atoms with Gasteiger partial charge in [-0.3, -0.25) is 0 Å². The molecule has 0 spiro atoms. The molecular formula is C15H15FN6. The standard InChI is InChI=1S/C15H15FN6/c1-10-17-19-20-21(10)9-14-13-3-2-4-15(13)22(18-14)12-7-5-11(16)6-8-12/h5-8H,2-4,9H2,1H3. The molecule has 2 heterocycles. The molecule has 112 valence electrons. The largest absolute Gasteiger partial charge is 0.237 e. The smallest absolute Gasteiger partial charge is 0.148 e. The third-order valence-electron chi connectivity index (χ3n) is 4.10. The highest BCUT2D eigenvalue weighted by atomic mass is 19.1. The lowest BCUT2D eigenvalue weighted by Crippen LogP contribution is -2.07. The van der Waals surface area contributed by atoms with Crippen LogP contribution in [0.3, 0.4) is 0 Å². The number of aryl methyl sites for hydroxylation is 1. The van der Waals surface area contributed by atoms with Crippen molar-refractivity contribution in [2.75, 3.05) is 0 Å². The van der Waals surface area contributed by atoms with Gasteiger partial charge in [0.05, 0.1) is 17.9 Å². The van der Waals surface area contributed by atoms with Gasteiger partial charge in [0, 0.05) is 5.69 Å². The van der Waals surface area contributed by atoms with Crippen LogP contribution in [-0.2, 0) is 19.4 Å². The van der Waals surface area contributed by atoms with Gasteiger partial charge in [-0.2, -0.15) is 5.10 Å². The minimum absolute atomic E-state index is 0.239. The number of rotatable bonds is 3. The summed E-state index contributed by atoms with van der Waals surface area (Å²) in [6.07, 6.45) is 3.14. The first kappa shape index (κ1) is 13.1. The Labute approximate surface area is 126 Å². The summed E-state index contributed by atoms with van der Waals surface area (Å²) in [6.45, 7) is 2.44. The minimum Gasteiger partial charge on any atom is -0.237 e. The van der Waals surface area contributed by atoms with E-state index in [2.05, 4.69) is 15.5 Å². The van der Waals surface area contributed by atoms with Crippen molar-refractivity contribution in [3.63, 3.8) is 0 Å². The lowest BCUT2D eigenvalue weighted by molar-refractivity contribution is 0.610. The van der Waals surface area contributed by atoms with Crippen LogP contribution in [0, 0.1) is 12.7 Å². The van der Waals surface area contributed by atoms with E-state index in [4.69, 9.17) is 5.10 Å². The lowest BCUT2D eigenvalue weighted by atomic mass is 10.2. The van der Waals surface area contributed by atoms with E-state index in [1.807, 2.05) is 11.6 Å². The average molecular weight is 298 g/mol. The van der Waals surface area contributed by atoms with Crippen molar-refractivity contribution in [2.24, 2.45) is 0 Å². The van der Waals surface area contributed by atoms with Crippen molar-refractivity contribution < 1.29 is 4.39 Å². The summed E-state index contributed by atoms with van der Waals surface area (Å²) in [7, 11) is 0. The summed E-state index contributed by atoms with van der Waals surface area (Å²) in [4.78, 5) is 0. The maximum Gasteiger partial charge on any atom is 0.148 e. The second-order valence-electron chi connectivity index (χ2n) is 5.50. The lowest BCUT2D eigenvalue weighted by Gasteiger charge is -2.05. The van der Waals surface area contributed by atoms with E-state index in [9.17, 15) is 4.39 Å². The molecular weight excluding hydrogens is 283 g/mol. The SMILES string of the molecule is Cc1nnnn1Cc1nn(-c2ccc(F)cc2)c2c1CCC2. The second kappa shape index (κ2) is 5.01. The summed E-state index contributed by atoms with van der Waals surface area (Å²) in [5, 5.41) is 16.3. The van der Waals surface area contributed by atoms with Gasteiger partial charge in [0.1, 0.15) is 11.6 Å². The van der Waals surface area contributed by atoms with Gasteiger partial charge >= 0.3 is 0 Å². The molecule has 1 aliphatic carbocycles. The molecule has 0 unspecified atom stereocenters. The predicted molar refractivity (Wildman–Crippen MR) is 77.2 cm³/mol. The van der Waals surface area contributed by atoms with Gasteiger partial charge in [-0.1, -0.05) is 0 Å². The van der Waals surface area contributed by atoms with Crippen molar-refractivity contribution in [2.45, 2.75) is 32.7 Å². The summed E-state index contributed by atoms with van der Waals surface area (Å²) in [5.74, 6) is 0.528. The van der Waals surface area contributed by atoms with Crippen LogP contribution in [-0.4, -0.2) is 30.0 Å². The molecule has 7 heteroatoms. The van der Waals surface area contributed by atoms with E-state index in [0.29, 0.717) is 6.54 Å². The molecule has 1 aliphatic rings. The van der Waals surface area contributed by atoms with Crippen LogP contribution in [0.15, 0.2) is 24.3 Å². The Kier molecular flexibility index (Phi) is 2.99. The molecule has 0 fully saturated rings. The third-order valence-corrected chi connectivity index (χ3v) is 4.10. The molecule has 0 bridgehead atoms. The monoisotopic (exact) mass is 298 g/mol. The summed E-state index contributed by atoms with van der Waals surface area (Å²) in [5.41, 5.74) is 4.37. The van der Waals surface area contributed by atoms with E-state index in [1.165, 1.54) is 23.4 Å². The number of hydrogen-bond acceptors (Lipinski definition) is 4. The predicted octanol–water partition coefficient (Wildman–Crippen LogP) is 1.84. The molecule has 0 amide bonds. The van der Waals surface area contributed by atoms with Gasteiger partial charge in [0.25, 0.3) is 0 Å². The summed E-state index contributed by atoms with van der Waals surface area (Å²) in [6, 6.07) is 6.44. The third kappa shape index (κ3) is 2.09. The van der Waals surface area contributed by atoms with Crippen molar-refractivity contribution >= 4 is 0 Å². The van der Waals surface area contributed by atoms with E-state index < -0.39 is 0 Å². The van der Waals surface area contributed by atoms with Crippen LogP contribution < -0.4 is 0 Å². The van der Waals surface area contributed by atoms with E-state index in [1.54, 1.807) is 16.8 Å². The highest BCUT2D eigenvalue weighted by Gasteiger charge is 2.23. The molecule has 0 aliphatic heterocycles. The number of halogens is 1. The van der Waals surface area contributed by atoms with E-state index >= 15 is 0 Å². The number of nitrogens with zero attached hydrogens (tertiary/aromatic N) is 6. The minimum atomic E-state index is -0.239. The number of benzene rings is 1. The number of aromatic nitrogens is 6. The molecule has 3 aromatic rings. The Balaban J connectivity index is 1.76. The molecule has 0 radical (unpaired) electrons. The molecule has 0 saturated heterocycles. The molecule has 2 aromatic heterocycles. The Morgan fingerprint density at radius 3 is 2.73 bits per heavy atom. The first-order valence-electron chi connectivity index (χ1n) is 7.31. The molecule has 1 aromatic carbocycles. The highest BCUT2D eigenvalue weighted by molar-refractivity contribution is 5.40. The van der Waals surface area contributed by atoms with Gasteiger partial charge in [0.2, 0.25) is 0 Å². The zero-order valence-electron chi connectivity index (χ0n) is 12.2. The highest BCUT2D eigenvalue weighted by Crippen LogP contribution is 2.28. The van der Waals surface area contributed by atoms with Crippen LogP contribution >= 0.6 is 0 Å². The zero-order chi connectivity index (χ0) is 15.1. The molecule has 0 N–H and O–H groups in total. The Morgan fingerprint density at radius 1 is 1.18 bits per heavy atom. The van der Waals surface area contributed by atoms with Crippen LogP contribution in [0.4, 0.5) is 4.39 Å². The quantitative estimate of drug-likeness (QED) is 0.740. The Hall–Kier alpha value is -2.57. The average Bonchev–Trinajstić information content (AvgIpc) is 3.20. The Morgan fingerprint density at radius 2 is 2.00 bits per heavy atom. The van der Waals surface area contributed by atoms with Crippen molar-refractivity contribution in [1.29, 1.82) is 0 Å². The first-order valence-corrected chi connectivity index (χ1v) is 7.31. The van der Waals surface area contributed by atoms with Gasteiger partial charge in [-0.25, -0.2) is 13.8 Å². The van der Waals surface area contributed by atoms with Gasteiger partial charge < -0.3 is 0 Å². The van der Waals surface area contributed by atoms with Crippen LogP contribution in [0.2, 0.25) is 0 Å². The number of fused-ring (bicyclic) bond motifs is 1. The van der Waals surface area contributed by atoms with Crippen LogP contribution in [0.25, 0.3) is 5.69 Å². The maximum atomic E-state index is 13.1. The maximum absolute atomic E-state index is 13.1. The fourth-order valence-electron chi connectivity index (χ4n) is 2.97. The second-order valence-corrected chi connectivity index (χ2v) is 5.50. The van der Waals surface area contributed by atoms with E-state index in [-0.39, 0.29) is 5.82 Å². The molecule has 6 nitrogen and oxygen atoms in total. The molecule has 4 rings (SSSR count). The van der Waals surface area contributed by atoms with Crippen LogP contribution in [0.1, 0.15) is 29.2 Å². The normalized spacial score (nSPS) is 13.5. The van der Waals surface area contributed by atoms with Crippen molar-refractivity contribution in [3.05, 3.63) is 52.9 Å². The van der Waals surface area contributed by atoms with E-state index in [0.717, 1.165) is 36.5 Å². The molecule has 0 atom stereocenters. The van der Waals surface area contributed by atoms with Gasteiger partial charge in [-0.05, 0) is 66.4 Å². The summed E-state index contributed by atoms with van der Waals surface area (Å²) < 4.78 is 16.8. The fraction of sp³-hybridized carbons (Fsp3) is 0.333. The zero-order valence-corrected chi connectivity index (χ0v) is 12.2. The van der Waals surface area contributed by atoms with Gasteiger partial charge in [-0.15, -0.1) is 5.10 Å². The Bertz CT molecular complexity index is 817. The molecule has 22 heavy (non-hydrogen) atoms. The molecule has 0 saturated carbocycles. The topological polar surface area (TPSA) is 61.4 Å². The first-order chi connectivity index (χ1) is 10.7. The van der Waals surface area contributed by atoms with Crippen LogP contribution in [0.5, 0.6) is 0 Å². The number of tetrazole rings is 1. The summed E-state index contributed by atoms with van der Waals surface area (Å²) >= 11 is 0.